The number of nitrogens with one attached hydrogen (secondary N) is 2. The van der Waals surface area contributed by atoms with Crippen molar-refractivity contribution in [3.05, 3.63) is 0 Å². The van der Waals surface area contributed by atoms with Gasteiger partial charge >= 0.3 is 5.97 Å². The molecule has 1 aliphatic heterocycles. The molecule has 7 N–H and O–H groups in total. The standard InChI is InChI=1S/C19H35N5O5/c1-12(2)10-13(21)19(29)24-9-5-7-15(24)18(28)23-14(6-3-4-8-20)17(27)22-11-16(25)26/h12-15H,3-11,20-21H2,1-2H3,(H,22,27)(H,23,28)(H,25,26). The van der Waals surface area contributed by atoms with E-state index in [0.29, 0.717) is 51.6 Å². The summed E-state index contributed by atoms with van der Waals surface area (Å²) in [6.07, 6.45) is 3.33. The summed E-state index contributed by atoms with van der Waals surface area (Å²) in [5.74, 6) is -2.15. The van der Waals surface area contributed by atoms with Gasteiger partial charge in [-0.25, -0.2) is 0 Å². The van der Waals surface area contributed by atoms with Gasteiger partial charge in [-0.2, -0.15) is 0 Å². The minimum absolute atomic E-state index is 0.258. The summed E-state index contributed by atoms with van der Waals surface area (Å²) in [7, 11) is 0. The van der Waals surface area contributed by atoms with Crippen LogP contribution in [0.15, 0.2) is 0 Å². The third-order valence-electron chi connectivity index (χ3n) is 4.87. The number of nitrogens with zero attached hydrogens (tertiary/aromatic N) is 1. The molecule has 1 saturated heterocycles. The maximum atomic E-state index is 12.8. The van der Waals surface area contributed by atoms with Crippen LogP contribution in [-0.2, 0) is 19.2 Å². The Labute approximate surface area is 171 Å². The fraction of sp³-hybridized carbons (Fsp3) is 0.789. The highest BCUT2D eigenvalue weighted by atomic mass is 16.4. The third-order valence-corrected chi connectivity index (χ3v) is 4.87. The summed E-state index contributed by atoms with van der Waals surface area (Å²) < 4.78 is 0. The van der Waals surface area contributed by atoms with Gasteiger partial charge < -0.3 is 32.1 Å². The predicted molar refractivity (Wildman–Crippen MR) is 108 cm³/mol. The fourth-order valence-electron chi connectivity index (χ4n) is 3.44. The zero-order valence-corrected chi connectivity index (χ0v) is 17.4. The first-order valence-electron chi connectivity index (χ1n) is 10.2. The van der Waals surface area contributed by atoms with Crippen LogP contribution in [0.2, 0.25) is 0 Å². The minimum atomic E-state index is -1.17. The van der Waals surface area contributed by atoms with E-state index < -0.39 is 42.5 Å². The molecule has 166 valence electrons. The number of carboxylic acid groups (broad SMARTS) is 1. The Hall–Kier alpha value is -2.20. The summed E-state index contributed by atoms with van der Waals surface area (Å²) in [5, 5.41) is 13.7. The van der Waals surface area contributed by atoms with E-state index in [1.165, 1.54) is 4.90 Å². The summed E-state index contributed by atoms with van der Waals surface area (Å²) in [4.78, 5) is 50.0. The second kappa shape index (κ2) is 12.4. The average Bonchev–Trinajstić information content (AvgIpc) is 3.13. The van der Waals surface area contributed by atoms with E-state index in [2.05, 4.69) is 10.6 Å². The maximum absolute atomic E-state index is 12.8. The number of likely N-dealkylation sites (tertiary alicyclic amines) is 1. The molecule has 1 aliphatic rings. The molecule has 3 amide bonds. The van der Waals surface area contributed by atoms with Crippen molar-refractivity contribution in [2.24, 2.45) is 17.4 Å². The third kappa shape index (κ3) is 8.36. The number of rotatable bonds is 12. The molecule has 0 aromatic rings. The van der Waals surface area contributed by atoms with Gasteiger partial charge in [0.05, 0.1) is 6.04 Å². The molecule has 1 rings (SSSR count). The number of hydrogen-bond acceptors (Lipinski definition) is 6. The van der Waals surface area contributed by atoms with Crippen LogP contribution in [0.25, 0.3) is 0 Å². The minimum Gasteiger partial charge on any atom is -0.480 e. The average molecular weight is 414 g/mol. The van der Waals surface area contributed by atoms with E-state index in [0.717, 1.165) is 0 Å². The zero-order chi connectivity index (χ0) is 22.0. The molecule has 0 bridgehead atoms. The first-order valence-corrected chi connectivity index (χ1v) is 10.2. The lowest BCUT2D eigenvalue weighted by atomic mass is 10.0. The van der Waals surface area contributed by atoms with Crippen molar-refractivity contribution in [2.75, 3.05) is 19.6 Å². The highest BCUT2D eigenvalue weighted by Crippen LogP contribution is 2.20. The van der Waals surface area contributed by atoms with Gasteiger partial charge in [-0.15, -0.1) is 0 Å². The molecule has 0 radical (unpaired) electrons. The lowest BCUT2D eigenvalue weighted by molar-refractivity contribution is -0.141. The number of carbonyl (C=O) groups is 4. The first-order chi connectivity index (χ1) is 13.7. The topological polar surface area (TPSA) is 168 Å². The van der Waals surface area contributed by atoms with Gasteiger partial charge in [-0.3, -0.25) is 19.2 Å². The molecule has 0 saturated carbocycles. The Morgan fingerprint density at radius 2 is 1.90 bits per heavy atom. The van der Waals surface area contributed by atoms with E-state index in [9.17, 15) is 19.2 Å². The second-order valence-electron chi connectivity index (χ2n) is 7.88. The molecule has 3 unspecified atom stereocenters. The number of carboxylic acids is 1. The van der Waals surface area contributed by atoms with Crippen LogP contribution in [0.1, 0.15) is 52.4 Å². The van der Waals surface area contributed by atoms with Gasteiger partial charge in [0.1, 0.15) is 18.6 Å². The van der Waals surface area contributed by atoms with Crippen molar-refractivity contribution >= 4 is 23.7 Å². The lowest BCUT2D eigenvalue weighted by Crippen LogP contribution is -2.55. The normalized spacial score (nSPS) is 18.4. The number of carbonyl (C=O) groups excluding carboxylic acids is 3. The first kappa shape index (κ1) is 24.8. The van der Waals surface area contributed by atoms with Crippen molar-refractivity contribution in [3.8, 4) is 0 Å². The molecule has 29 heavy (non-hydrogen) atoms. The Bertz CT molecular complexity index is 583. The van der Waals surface area contributed by atoms with Crippen LogP contribution in [0.3, 0.4) is 0 Å². The molecule has 0 aliphatic carbocycles. The lowest BCUT2D eigenvalue weighted by Gasteiger charge is -2.28. The number of amides is 3. The molecule has 0 aromatic heterocycles. The molecule has 10 nitrogen and oxygen atoms in total. The van der Waals surface area contributed by atoms with E-state index in [1.54, 1.807) is 0 Å². The van der Waals surface area contributed by atoms with Crippen molar-refractivity contribution in [2.45, 2.75) is 70.5 Å². The molecule has 1 fully saturated rings. The highest BCUT2D eigenvalue weighted by molar-refractivity contribution is 5.94. The van der Waals surface area contributed by atoms with Crippen LogP contribution < -0.4 is 22.1 Å². The quantitative estimate of drug-likeness (QED) is 0.260. The molecular formula is C19H35N5O5. The SMILES string of the molecule is CC(C)CC(N)C(=O)N1CCCC1C(=O)NC(CCCCN)C(=O)NCC(=O)O. The Morgan fingerprint density at radius 3 is 2.48 bits per heavy atom. The molecular weight excluding hydrogens is 378 g/mol. The second-order valence-corrected chi connectivity index (χ2v) is 7.88. The van der Waals surface area contributed by atoms with Crippen LogP contribution >= 0.6 is 0 Å². The molecule has 0 aromatic carbocycles. The van der Waals surface area contributed by atoms with Gasteiger partial charge in [-0.05, 0) is 51.0 Å². The largest absolute Gasteiger partial charge is 0.480 e. The maximum Gasteiger partial charge on any atom is 0.322 e. The van der Waals surface area contributed by atoms with Gasteiger partial charge in [0.2, 0.25) is 17.7 Å². The van der Waals surface area contributed by atoms with Crippen LogP contribution in [0.5, 0.6) is 0 Å². The van der Waals surface area contributed by atoms with Gasteiger partial charge in [0.25, 0.3) is 0 Å². The van der Waals surface area contributed by atoms with Crippen molar-refractivity contribution in [3.63, 3.8) is 0 Å². The van der Waals surface area contributed by atoms with Gasteiger partial charge in [0.15, 0.2) is 0 Å². The van der Waals surface area contributed by atoms with Crippen LogP contribution in [0, 0.1) is 5.92 Å². The number of nitrogens with two attached hydrogens (primary N) is 2. The summed E-state index contributed by atoms with van der Waals surface area (Å²) in [6, 6.07) is -2.22. The Morgan fingerprint density at radius 1 is 1.21 bits per heavy atom. The molecule has 3 atom stereocenters. The van der Waals surface area contributed by atoms with E-state index in [4.69, 9.17) is 16.6 Å². The van der Waals surface area contributed by atoms with Crippen LogP contribution in [0.4, 0.5) is 0 Å². The van der Waals surface area contributed by atoms with E-state index in [-0.39, 0.29) is 11.8 Å². The number of aliphatic carboxylic acids is 1. The summed E-state index contributed by atoms with van der Waals surface area (Å²) in [6.45, 7) is 4.33. The molecule has 0 spiro atoms. The van der Waals surface area contributed by atoms with Crippen molar-refractivity contribution in [1.82, 2.24) is 15.5 Å². The van der Waals surface area contributed by atoms with Gasteiger partial charge in [-0.1, -0.05) is 13.8 Å². The molecule has 10 heteroatoms. The Balaban J connectivity index is 2.78. The predicted octanol–water partition coefficient (Wildman–Crippen LogP) is -0.835. The zero-order valence-electron chi connectivity index (χ0n) is 17.4. The Kier molecular flexibility index (Phi) is 10.6. The fourth-order valence-corrected chi connectivity index (χ4v) is 3.44. The smallest absolute Gasteiger partial charge is 0.322 e. The summed E-state index contributed by atoms with van der Waals surface area (Å²) >= 11 is 0. The van der Waals surface area contributed by atoms with E-state index in [1.807, 2.05) is 13.8 Å². The van der Waals surface area contributed by atoms with Crippen molar-refractivity contribution < 1.29 is 24.3 Å². The van der Waals surface area contributed by atoms with Gasteiger partial charge in [0, 0.05) is 6.54 Å². The highest BCUT2D eigenvalue weighted by Gasteiger charge is 2.37. The van der Waals surface area contributed by atoms with Crippen LogP contribution in [-0.4, -0.2) is 71.5 Å². The molecule has 1 heterocycles. The van der Waals surface area contributed by atoms with Crippen molar-refractivity contribution in [1.29, 1.82) is 0 Å². The summed E-state index contributed by atoms with van der Waals surface area (Å²) in [5.41, 5.74) is 11.5. The van der Waals surface area contributed by atoms with E-state index >= 15 is 0 Å². The monoisotopic (exact) mass is 413 g/mol. The number of hydrogen-bond donors (Lipinski definition) is 5. The number of unbranched alkanes of at least 4 members (excludes halogenated alkanes) is 1.